The van der Waals surface area contributed by atoms with Crippen molar-refractivity contribution in [2.75, 3.05) is 39.4 Å². The molecule has 2 aliphatic heterocycles. The number of ether oxygens (including phenoxy) is 1. The molecule has 2 fully saturated rings. The lowest BCUT2D eigenvalue weighted by Gasteiger charge is -2.39. The minimum atomic E-state index is -1.05. The number of rotatable bonds is 7. The van der Waals surface area contributed by atoms with Gasteiger partial charge in [-0.1, -0.05) is 6.92 Å². The number of alkyl halides is 1. The summed E-state index contributed by atoms with van der Waals surface area (Å²) in [5.74, 6) is 1.36. The first-order chi connectivity index (χ1) is 11.4. The summed E-state index contributed by atoms with van der Waals surface area (Å²) in [5, 5.41) is 9.68. The summed E-state index contributed by atoms with van der Waals surface area (Å²) in [7, 11) is 0. The van der Waals surface area contributed by atoms with Gasteiger partial charge in [-0.3, -0.25) is 4.90 Å². The summed E-state index contributed by atoms with van der Waals surface area (Å²) in [6.45, 7) is 14.2. The first kappa shape index (κ1) is 20.1. The minimum Gasteiger partial charge on any atom is -0.389 e. The van der Waals surface area contributed by atoms with E-state index in [2.05, 4.69) is 37.5 Å². The molecule has 24 heavy (non-hydrogen) atoms. The third kappa shape index (κ3) is 5.65. The van der Waals surface area contributed by atoms with Crippen molar-refractivity contribution < 1.29 is 14.2 Å². The molecule has 0 spiro atoms. The molecular formula is C19H37FN2O2. The normalized spacial score (nSPS) is 34.6. The van der Waals surface area contributed by atoms with Gasteiger partial charge in [-0.2, -0.15) is 0 Å². The summed E-state index contributed by atoms with van der Waals surface area (Å²) in [4.78, 5) is 4.74. The van der Waals surface area contributed by atoms with Crippen molar-refractivity contribution in [2.24, 2.45) is 11.8 Å². The number of aliphatic hydroxyl groups is 1. The van der Waals surface area contributed by atoms with E-state index < -0.39 is 12.3 Å². The van der Waals surface area contributed by atoms with Crippen molar-refractivity contribution in [3.05, 3.63) is 0 Å². The molecule has 0 amide bonds. The number of aliphatic hydroxyl groups excluding tert-OH is 1. The smallest absolute Gasteiger partial charge is 0.128 e. The zero-order chi connectivity index (χ0) is 17.7. The van der Waals surface area contributed by atoms with Gasteiger partial charge in [-0.25, -0.2) is 4.39 Å². The van der Waals surface area contributed by atoms with Crippen LogP contribution in [-0.4, -0.2) is 78.7 Å². The zero-order valence-corrected chi connectivity index (χ0v) is 16.0. The van der Waals surface area contributed by atoms with Crippen LogP contribution in [0.5, 0.6) is 0 Å². The number of hydrogen-bond donors (Lipinski definition) is 1. The number of hydrogen-bond acceptors (Lipinski definition) is 4. The molecule has 0 aromatic carbocycles. The van der Waals surface area contributed by atoms with Gasteiger partial charge in [-0.15, -0.1) is 0 Å². The molecule has 0 radical (unpaired) electrons. The molecule has 2 saturated heterocycles. The van der Waals surface area contributed by atoms with E-state index in [1.807, 2.05) is 0 Å². The van der Waals surface area contributed by atoms with Crippen molar-refractivity contribution in [1.29, 1.82) is 0 Å². The van der Waals surface area contributed by atoms with E-state index in [0.717, 1.165) is 38.6 Å². The van der Waals surface area contributed by atoms with Crippen LogP contribution in [0.25, 0.3) is 0 Å². The predicted molar refractivity (Wildman–Crippen MR) is 96.0 cm³/mol. The number of likely N-dealkylation sites (tertiary alicyclic amines) is 2. The Balaban J connectivity index is 1.65. The molecule has 142 valence electrons. The number of halogens is 1. The standard InChI is InChI=1S/C19H37FN2O2/c1-14(2)21-8-5-15(3)17(11-21)13-24-10-7-16(4)22-9-6-18(20)19(23)12-22/h14-19,23H,5-13H2,1-4H3/t15-,16?,17+,18-,19+/m1/s1. The molecule has 5 atom stereocenters. The van der Waals surface area contributed by atoms with Gasteiger partial charge >= 0.3 is 0 Å². The lowest BCUT2D eigenvalue weighted by Crippen LogP contribution is -2.48. The fraction of sp³-hybridized carbons (Fsp3) is 1.00. The Hall–Kier alpha value is -0.230. The number of piperidine rings is 2. The summed E-state index contributed by atoms with van der Waals surface area (Å²) >= 11 is 0. The molecule has 1 unspecified atom stereocenters. The maximum Gasteiger partial charge on any atom is 0.128 e. The van der Waals surface area contributed by atoms with Crippen LogP contribution in [-0.2, 0) is 4.74 Å². The van der Waals surface area contributed by atoms with Gasteiger partial charge in [0, 0.05) is 38.3 Å². The number of nitrogens with zero attached hydrogens (tertiary/aromatic N) is 2. The highest BCUT2D eigenvalue weighted by Crippen LogP contribution is 2.25. The van der Waals surface area contributed by atoms with E-state index in [1.54, 1.807) is 0 Å². The maximum absolute atomic E-state index is 13.3. The summed E-state index contributed by atoms with van der Waals surface area (Å²) < 4.78 is 19.3. The second-order valence-electron chi connectivity index (χ2n) is 8.19. The maximum atomic E-state index is 13.3. The average molecular weight is 345 g/mol. The van der Waals surface area contributed by atoms with Crippen LogP contribution >= 0.6 is 0 Å². The van der Waals surface area contributed by atoms with Crippen molar-refractivity contribution in [1.82, 2.24) is 9.80 Å². The fourth-order valence-electron chi connectivity index (χ4n) is 3.86. The topological polar surface area (TPSA) is 35.9 Å². The van der Waals surface area contributed by atoms with Crippen molar-refractivity contribution in [3.63, 3.8) is 0 Å². The Kier molecular flexibility index (Phi) is 7.92. The highest BCUT2D eigenvalue weighted by Gasteiger charge is 2.30. The van der Waals surface area contributed by atoms with Gasteiger partial charge in [0.1, 0.15) is 6.17 Å². The van der Waals surface area contributed by atoms with Gasteiger partial charge < -0.3 is 14.7 Å². The molecule has 1 N–H and O–H groups in total. The van der Waals surface area contributed by atoms with Gasteiger partial charge in [0.05, 0.1) is 12.7 Å². The van der Waals surface area contributed by atoms with E-state index in [0.29, 0.717) is 31.0 Å². The monoisotopic (exact) mass is 344 g/mol. The van der Waals surface area contributed by atoms with Gasteiger partial charge in [0.15, 0.2) is 0 Å². The van der Waals surface area contributed by atoms with E-state index in [-0.39, 0.29) is 0 Å². The molecule has 2 rings (SSSR count). The Bertz CT molecular complexity index is 369. The SMILES string of the molecule is CC(C)N1CC[C@@H](C)[C@H](COCCC(C)N2CC[C@@H](F)[C@@H](O)C2)C1. The predicted octanol–water partition coefficient (Wildman–Crippen LogP) is 2.55. The first-order valence-electron chi connectivity index (χ1n) is 9.76. The lowest BCUT2D eigenvalue weighted by atomic mass is 9.87. The third-order valence-electron chi connectivity index (χ3n) is 6.04. The van der Waals surface area contributed by atoms with E-state index in [1.165, 1.54) is 13.0 Å². The fourth-order valence-corrected chi connectivity index (χ4v) is 3.86. The summed E-state index contributed by atoms with van der Waals surface area (Å²) in [6.07, 6.45) is 0.766. The molecule has 4 nitrogen and oxygen atoms in total. The second-order valence-corrected chi connectivity index (χ2v) is 8.19. The molecule has 5 heteroatoms. The first-order valence-corrected chi connectivity index (χ1v) is 9.76. The Labute approximate surface area is 147 Å². The van der Waals surface area contributed by atoms with Crippen molar-refractivity contribution >= 4 is 0 Å². The highest BCUT2D eigenvalue weighted by molar-refractivity contribution is 4.83. The molecule has 0 aromatic rings. The number of β-amino-alcohol motifs (C(OH)–C–C–N with tert-alkyl or cyclic N) is 1. The van der Waals surface area contributed by atoms with Crippen LogP contribution in [0.1, 0.15) is 47.0 Å². The van der Waals surface area contributed by atoms with Crippen LogP contribution in [0.3, 0.4) is 0 Å². The summed E-state index contributed by atoms with van der Waals surface area (Å²) in [5.41, 5.74) is 0. The van der Waals surface area contributed by atoms with E-state index in [9.17, 15) is 9.50 Å². The molecule has 0 bridgehead atoms. The van der Waals surface area contributed by atoms with Crippen LogP contribution < -0.4 is 0 Å². The highest BCUT2D eigenvalue weighted by atomic mass is 19.1. The molecule has 2 aliphatic rings. The molecule has 0 saturated carbocycles. The molecule has 2 heterocycles. The van der Waals surface area contributed by atoms with Crippen molar-refractivity contribution in [3.8, 4) is 0 Å². The average Bonchev–Trinajstić information content (AvgIpc) is 2.55. The molecule has 0 aromatic heterocycles. The van der Waals surface area contributed by atoms with Crippen LogP contribution in [0.15, 0.2) is 0 Å². The zero-order valence-electron chi connectivity index (χ0n) is 16.0. The minimum absolute atomic E-state index is 0.336. The largest absolute Gasteiger partial charge is 0.389 e. The van der Waals surface area contributed by atoms with Gasteiger partial charge in [0.25, 0.3) is 0 Å². The van der Waals surface area contributed by atoms with Gasteiger partial charge in [0.2, 0.25) is 0 Å². The Morgan fingerprint density at radius 2 is 1.83 bits per heavy atom. The Morgan fingerprint density at radius 1 is 1.12 bits per heavy atom. The van der Waals surface area contributed by atoms with Crippen molar-refractivity contribution in [2.45, 2.75) is 71.3 Å². The quantitative estimate of drug-likeness (QED) is 0.720. The van der Waals surface area contributed by atoms with Crippen LogP contribution in [0, 0.1) is 11.8 Å². The second kappa shape index (κ2) is 9.46. The molecule has 0 aliphatic carbocycles. The van der Waals surface area contributed by atoms with Gasteiger partial charge in [-0.05, 0) is 58.4 Å². The summed E-state index contributed by atoms with van der Waals surface area (Å²) in [6, 6.07) is 0.952. The van der Waals surface area contributed by atoms with Crippen LogP contribution in [0.2, 0.25) is 0 Å². The third-order valence-corrected chi connectivity index (χ3v) is 6.04. The Morgan fingerprint density at radius 3 is 2.50 bits per heavy atom. The van der Waals surface area contributed by atoms with E-state index in [4.69, 9.17) is 4.74 Å². The molecular weight excluding hydrogens is 307 g/mol. The lowest BCUT2D eigenvalue weighted by molar-refractivity contribution is -0.0189. The van der Waals surface area contributed by atoms with Crippen LogP contribution in [0.4, 0.5) is 4.39 Å². The van der Waals surface area contributed by atoms with E-state index >= 15 is 0 Å².